The van der Waals surface area contributed by atoms with E-state index in [0.717, 1.165) is 41.4 Å². The molecule has 1 unspecified atom stereocenters. The van der Waals surface area contributed by atoms with Crippen molar-refractivity contribution in [3.63, 3.8) is 0 Å². The number of hydrazine groups is 1. The Kier molecular flexibility index (Phi) is 4.05. The van der Waals surface area contributed by atoms with E-state index in [4.69, 9.17) is 22.2 Å². The Hall–Kier alpha value is -1.03. The van der Waals surface area contributed by atoms with Crippen LogP contribution in [0.3, 0.4) is 0 Å². The first-order valence-electron chi connectivity index (χ1n) is 5.78. The number of aryl methyl sites for hydroxylation is 1. The number of benzene rings is 1. The standard InChI is InChI=1S/C13H17ClN2O/c1-9-5-4-6-10(12(9)14)13(16-15)11-7-2-3-8-17-11/h4-7,13,16H,2-3,8,15H2,1H3. The number of nitrogens with one attached hydrogen (secondary N) is 1. The first-order valence-corrected chi connectivity index (χ1v) is 6.16. The van der Waals surface area contributed by atoms with Gasteiger partial charge in [0, 0.05) is 5.02 Å². The molecule has 0 saturated carbocycles. The second kappa shape index (κ2) is 5.54. The second-order valence-corrected chi connectivity index (χ2v) is 4.55. The summed E-state index contributed by atoms with van der Waals surface area (Å²) in [5.41, 5.74) is 4.78. The molecule has 3 N–H and O–H groups in total. The SMILES string of the molecule is Cc1cccc(C(NN)C2=CCCCO2)c1Cl. The van der Waals surface area contributed by atoms with Gasteiger partial charge in [-0.2, -0.15) is 0 Å². The molecule has 1 aromatic rings. The molecule has 0 aromatic heterocycles. The maximum atomic E-state index is 6.31. The maximum absolute atomic E-state index is 6.31. The highest BCUT2D eigenvalue weighted by Gasteiger charge is 2.21. The topological polar surface area (TPSA) is 47.3 Å². The minimum absolute atomic E-state index is 0.164. The van der Waals surface area contributed by atoms with Gasteiger partial charge < -0.3 is 4.74 Å². The highest BCUT2D eigenvalue weighted by Crippen LogP contribution is 2.31. The second-order valence-electron chi connectivity index (χ2n) is 4.17. The summed E-state index contributed by atoms with van der Waals surface area (Å²) < 4.78 is 5.64. The number of nitrogens with two attached hydrogens (primary N) is 1. The van der Waals surface area contributed by atoms with Crippen LogP contribution in [0.4, 0.5) is 0 Å². The van der Waals surface area contributed by atoms with Crippen LogP contribution in [0, 0.1) is 6.92 Å². The van der Waals surface area contributed by atoms with Crippen LogP contribution in [0.5, 0.6) is 0 Å². The van der Waals surface area contributed by atoms with Gasteiger partial charge in [0.25, 0.3) is 0 Å². The van der Waals surface area contributed by atoms with Crippen LogP contribution in [-0.4, -0.2) is 6.61 Å². The third-order valence-corrected chi connectivity index (χ3v) is 3.46. The number of allylic oxidation sites excluding steroid dienone is 1. The summed E-state index contributed by atoms with van der Waals surface area (Å²) >= 11 is 6.31. The number of hydrogen-bond acceptors (Lipinski definition) is 3. The summed E-state index contributed by atoms with van der Waals surface area (Å²) in [4.78, 5) is 0. The summed E-state index contributed by atoms with van der Waals surface area (Å²) in [7, 11) is 0. The normalized spacial score (nSPS) is 17.2. The molecule has 17 heavy (non-hydrogen) atoms. The Morgan fingerprint density at radius 3 is 2.94 bits per heavy atom. The van der Waals surface area contributed by atoms with Crippen molar-refractivity contribution in [2.24, 2.45) is 5.84 Å². The van der Waals surface area contributed by atoms with Gasteiger partial charge in [-0.05, 0) is 37.0 Å². The Labute approximate surface area is 107 Å². The van der Waals surface area contributed by atoms with Crippen molar-refractivity contribution in [2.75, 3.05) is 6.61 Å². The van der Waals surface area contributed by atoms with Crippen molar-refractivity contribution in [3.8, 4) is 0 Å². The largest absolute Gasteiger partial charge is 0.496 e. The number of hydrogen-bond donors (Lipinski definition) is 2. The quantitative estimate of drug-likeness (QED) is 0.642. The van der Waals surface area contributed by atoms with Crippen LogP contribution in [0.1, 0.15) is 30.0 Å². The van der Waals surface area contributed by atoms with Gasteiger partial charge in [0.2, 0.25) is 0 Å². The zero-order valence-corrected chi connectivity index (χ0v) is 10.6. The molecule has 0 bridgehead atoms. The zero-order chi connectivity index (χ0) is 12.3. The molecule has 0 fully saturated rings. The molecular formula is C13H17ClN2O. The van der Waals surface area contributed by atoms with E-state index in [2.05, 4.69) is 11.5 Å². The molecule has 1 aliphatic heterocycles. The van der Waals surface area contributed by atoms with Gasteiger partial charge in [-0.25, -0.2) is 5.43 Å². The lowest BCUT2D eigenvalue weighted by Crippen LogP contribution is -2.31. The first-order chi connectivity index (χ1) is 8.24. The van der Waals surface area contributed by atoms with Crippen LogP contribution in [0.2, 0.25) is 5.02 Å². The average Bonchev–Trinajstić information content (AvgIpc) is 2.37. The number of ether oxygens (including phenoxy) is 1. The third-order valence-electron chi connectivity index (χ3n) is 2.95. The molecule has 0 aliphatic carbocycles. The van der Waals surface area contributed by atoms with Gasteiger partial charge in [0.05, 0.1) is 6.61 Å². The molecule has 2 rings (SSSR count). The number of rotatable bonds is 3. The van der Waals surface area contributed by atoms with E-state index in [1.165, 1.54) is 0 Å². The Morgan fingerprint density at radius 2 is 2.29 bits per heavy atom. The molecule has 0 radical (unpaired) electrons. The molecule has 0 spiro atoms. The summed E-state index contributed by atoms with van der Waals surface area (Å²) in [6, 6.07) is 5.76. The maximum Gasteiger partial charge on any atom is 0.115 e. The van der Waals surface area contributed by atoms with Crippen molar-refractivity contribution in [2.45, 2.75) is 25.8 Å². The van der Waals surface area contributed by atoms with E-state index in [1.807, 2.05) is 25.1 Å². The fourth-order valence-electron chi connectivity index (χ4n) is 2.00. The van der Waals surface area contributed by atoms with E-state index in [9.17, 15) is 0 Å². The van der Waals surface area contributed by atoms with Crippen LogP contribution < -0.4 is 11.3 Å². The smallest absolute Gasteiger partial charge is 0.115 e. The van der Waals surface area contributed by atoms with Gasteiger partial charge in [-0.3, -0.25) is 5.84 Å². The monoisotopic (exact) mass is 252 g/mol. The van der Waals surface area contributed by atoms with Crippen LogP contribution >= 0.6 is 11.6 Å². The van der Waals surface area contributed by atoms with Crippen molar-refractivity contribution >= 4 is 11.6 Å². The predicted octanol–water partition coefficient (Wildman–Crippen LogP) is 2.85. The van der Waals surface area contributed by atoms with Crippen molar-refractivity contribution in [3.05, 3.63) is 46.2 Å². The summed E-state index contributed by atoms with van der Waals surface area (Å²) in [5, 5.41) is 0.741. The van der Waals surface area contributed by atoms with E-state index in [1.54, 1.807) is 0 Å². The molecule has 0 amide bonds. The molecule has 1 atom stereocenters. The molecule has 1 heterocycles. The Bertz CT molecular complexity index is 431. The van der Waals surface area contributed by atoms with E-state index >= 15 is 0 Å². The van der Waals surface area contributed by atoms with Crippen molar-refractivity contribution in [1.82, 2.24) is 5.43 Å². The predicted molar refractivity (Wildman–Crippen MR) is 69.5 cm³/mol. The minimum Gasteiger partial charge on any atom is -0.496 e. The lowest BCUT2D eigenvalue weighted by molar-refractivity contribution is 0.168. The van der Waals surface area contributed by atoms with Crippen molar-refractivity contribution in [1.29, 1.82) is 0 Å². The molecule has 1 aromatic carbocycles. The van der Waals surface area contributed by atoms with Crippen LogP contribution in [0.25, 0.3) is 0 Å². The van der Waals surface area contributed by atoms with Gasteiger partial charge in [0.1, 0.15) is 11.8 Å². The van der Waals surface area contributed by atoms with Gasteiger partial charge >= 0.3 is 0 Å². The number of halogens is 1. The van der Waals surface area contributed by atoms with Gasteiger partial charge in [-0.1, -0.05) is 29.8 Å². The summed E-state index contributed by atoms with van der Waals surface area (Å²) in [6.07, 6.45) is 4.16. The fraction of sp³-hybridized carbons (Fsp3) is 0.385. The van der Waals surface area contributed by atoms with Crippen LogP contribution in [0.15, 0.2) is 30.0 Å². The highest BCUT2D eigenvalue weighted by molar-refractivity contribution is 6.32. The minimum atomic E-state index is -0.164. The van der Waals surface area contributed by atoms with E-state index in [-0.39, 0.29) is 6.04 Å². The molecule has 92 valence electrons. The third kappa shape index (κ3) is 2.63. The van der Waals surface area contributed by atoms with Crippen molar-refractivity contribution < 1.29 is 4.74 Å². The lowest BCUT2D eigenvalue weighted by atomic mass is 10.0. The highest BCUT2D eigenvalue weighted by atomic mass is 35.5. The van der Waals surface area contributed by atoms with E-state index in [0.29, 0.717) is 0 Å². The van der Waals surface area contributed by atoms with E-state index < -0.39 is 0 Å². The lowest BCUT2D eigenvalue weighted by Gasteiger charge is -2.24. The zero-order valence-electron chi connectivity index (χ0n) is 9.87. The van der Waals surface area contributed by atoms with Crippen LogP contribution in [-0.2, 0) is 4.74 Å². The molecule has 4 heteroatoms. The fourth-order valence-corrected chi connectivity index (χ4v) is 2.23. The molecule has 3 nitrogen and oxygen atoms in total. The summed E-state index contributed by atoms with van der Waals surface area (Å²) in [5.74, 6) is 6.49. The first kappa shape index (κ1) is 12.4. The molecule has 0 saturated heterocycles. The van der Waals surface area contributed by atoms with Gasteiger partial charge in [-0.15, -0.1) is 0 Å². The summed E-state index contributed by atoms with van der Waals surface area (Å²) in [6.45, 7) is 2.73. The molecule has 1 aliphatic rings. The Balaban J connectivity index is 2.34. The molecular weight excluding hydrogens is 236 g/mol. The average molecular weight is 253 g/mol. The van der Waals surface area contributed by atoms with Gasteiger partial charge in [0.15, 0.2) is 0 Å². The Morgan fingerprint density at radius 1 is 1.47 bits per heavy atom.